The minimum absolute atomic E-state index is 0.0790. The third-order valence-electron chi connectivity index (χ3n) is 4.97. The Balaban J connectivity index is 2.03. The van der Waals surface area contributed by atoms with Crippen molar-refractivity contribution < 1.29 is 23.8 Å². The average molecular weight is 385 g/mol. The van der Waals surface area contributed by atoms with Crippen molar-refractivity contribution >= 4 is 34.5 Å². The van der Waals surface area contributed by atoms with E-state index in [2.05, 4.69) is 18.7 Å². The summed E-state index contributed by atoms with van der Waals surface area (Å²) >= 11 is 6.19. The Hall–Kier alpha value is -2.79. The molecule has 2 bridgehead atoms. The minimum atomic E-state index is -0.808. The molecule has 2 aliphatic rings. The molecule has 0 fully saturated rings. The summed E-state index contributed by atoms with van der Waals surface area (Å²) in [5.74, 6) is 0.551. The Morgan fingerprint density at radius 1 is 1.07 bits per heavy atom. The summed E-state index contributed by atoms with van der Waals surface area (Å²) in [4.78, 5) is 24.1. The molecule has 0 radical (unpaired) electrons. The molecule has 2 unspecified atom stereocenters. The Bertz CT molecular complexity index is 1040. The maximum atomic E-state index is 12.3. The van der Waals surface area contributed by atoms with Crippen LogP contribution < -0.4 is 9.47 Å². The Morgan fingerprint density at radius 3 is 2.30 bits per heavy atom. The smallest absolute Gasteiger partial charge is 0.437 e. The number of hydrogen-bond acceptors (Lipinski definition) is 5. The van der Waals surface area contributed by atoms with Crippen LogP contribution in [0.3, 0.4) is 0 Å². The van der Waals surface area contributed by atoms with Gasteiger partial charge in [-0.15, -0.1) is 0 Å². The van der Waals surface area contributed by atoms with Crippen molar-refractivity contribution in [3.05, 3.63) is 58.7 Å². The molecule has 0 aromatic heterocycles. The second kappa shape index (κ2) is 6.43. The Labute approximate surface area is 161 Å². The van der Waals surface area contributed by atoms with Gasteiger partial charge in [0.1, 0.15) is 11.5 Å². The van der Waals surface area contributed by atoms with E-state index in [1.165, 1.54) is 7.11 Å². The van der Waals surface area contributed by atoms with Gasteiger partial charge in [-0.2, -0.15) is 0 Å². The molecule has 0 aliphatic heterocycles. The summed E-state index contributed by atoms with van der Waals surface area (Å²) in [5, 5.41) is 1.72. The Kier molecular flexibility index (Phi) is 4.19. The first kappa shape index (κ1) is 17.6. The second-order valence-electron chi connectivity index (χ2n) is 6.74. The minimum Gasteiger partial charge on any atom is -0.437 e. The number of esters is 1. The van der Waals surface area contributed by atoms with E-state index in [9.17, 15) is 9.59 Å². The lowest BCUT2D eigenvalue weighted by Crippen LogP contribution is -2.14. The van der Waals surface area contributed by atoms with Gasteiger partial charge in [-0.1, -0.05) is 30.3 Å². The van der Waals surface area contributed by atoms with Gasteiger partial charge in [-0.3, -0.25) is 0 Å². The number of carbonyl (C=O) groups excluding carboxylic acids is 2. The van der Waals surface area contributed by atoms with Gasteiger partial charge in [0, 0.05) is 44.3 Å². The van der Waals surface area contributed by atoms with Gasteiger partial charge in [0.25, 0.3) is 0 Å². The van der Waals surface area contributed by atoms with Crippen LogP contribution in [0.4, 0.5) is 4.79 Å². The zero-order chi connectivity index (χ0) is 19.3. The van der Waals surface area contributed by atoms with E-state index < -0.39 is 12.1 Å². The molecule has 0 heterocycles. The van der Waals surface area contributed by atoms with Crippen LogP contribution >= 0.6 is 11.6 Å². The lowest BCUT2D eigenvalue weighted by Gasteiger charge is -2.22. The van der Waals surface area contributed by atoms with Gasteiger partial charge in [0.15, 0.2) is 0 Å². The summed E-state index contributed by atoms with van der Waals surface area (Å²) in [7, 11) is 1.26. The zero-order valence-corrected chi connectivity index (χ0v) is 15.6. The SMILES string of the molecule is C=C(C)C(=O)Oc1c2c(c(OC(=O)OC)c3cc(Cl)ccc13)C1C=CC2C1. The van der Waals surface area contributed by atoms with E-state index in [1.807, 2.05) is 0 Å². The molecule has 2 atom stereocenters. The summed E-state index contributed by atoms with van der Waals surface area (Å²) in [6.45, 7) is 5.26. The first-order valence-corrected chi connectivity index (χ1v) is 8.89. The van der Waals surface area contributed by atoms with Gasteiger partial charge < -0.3 is 14.2 Å². The second-order valence-corrected chi connectivity index (χ2v) is 7.17. The highest BCUT2D eigenvalue weighted by Crippen LogP contribution is 2.58. The molecule has 0 amide bonds. The highest BCUT2D eigenvalue weighted by Gasteiger charge is 2.40. The quantitative estimate of drug-likeness (QED) is 0.237. The predicted molar refractivity (Wildman–Crippen MR) is 102 cm³/mol. The van der Waals surface area contributed by atoms with E-state index in [-0.39, 0.29) is 11.8 Å². The molecule has 27 heavy (non-hydrogen) atoms. The molecular formula is C21H17ClO5. The molecule has 0 spiro atoms. The van der Waals surface area contributed by atoms with Crippen molar-refractivity contribution in [3.8, 4) is 11.5 Å². The van der Waals surface area contributed by atoms with Crippen molar-refractivity contribution in [2.75, 3.05) is 7.11 Å². The van der Waals surface area contributed by atoms with Crippen molar-refractivity contribution in [2.24, 2.45) is 0 Å². The maximum absolute atomic E-state index is 12.3. The van der Waals surface area contributed by atoms with Crippen LogP contribution in [0, 0.1) is 0 Å². The molecule has 2 aliphatic carbocycles. The molecule has 2 aromatic rings. The fraction of sp³-hybridized carbons (Fsp3) is 0.238. The molecule has 4 rings (SSSR count). The van der Waals surface area contributed by atoms with Crippen LogP contribution in [0.1, 0.15) is 36.3 Å². The van der Waals surface area contributed by atoms with E-state index >= 15 is 0 Å². The summed E-state index contributed by atoms with van der Waals surface area (Å²) in [5.41, 5.74) is 2.01. The fourth-order valence-electron chi connectivity index (χ4n) is 3.83. The van der Waals surface area contributed by atoms with Crippen LogP contribution in [-0.2, 0) is 9.53 Å². The number of halogens is 1. The molecule has 138 valence electrons. The van der Waals surface area contributed by atoms with Gasteiger partial charge in [0.05, 0.1) is 7.11 Å². The number of fused-ring (bicyclic) bond motifs is 6. The standard InChI is InChI=1S/C21H17ClO5/c1-10(2)20(23)26-18-14-7-6-13(22)9-15(14)19(27-21(24)25-3)17-12-5-4-11(8-12)16(17)18/h4-7,9,11-12H,1,8H2,2-3H3. The lowest BCUT2D eigenvalue weighted by atomic mass is 9.90. The molecule has 0 N–H and O–H groups in total. The normalized spacial score (nSPS) is 19.1. The van der Waals surface area contributed by atoms with Crippen LogP contribution in [0.25, 0.3) is 10.8 Å². The maximum Gasteiger partial charge on any atom is 0.513 e. The van der Waals surface area contributed by atoms with Crippen LogP contribution in [0.15, 0.2) is 42.5 Å². The van der Waals surface area contributed by atoms with E-state index in [1.54, 1.807) is 25.1 Å². The van der Waals surface area contributed by atoms with Gasteiger partial charge in [0.2, 0.25) is 0 Å². The number of benzene rings is 2. The zero-order valence-electron chi connectivity index (χ0n) is 14.9. The summed E-state index contributed by atoms with van der Waals surface area (Å²) in [6.07, 6.45) is 4.21. The molecular weight excluding hydrogens is 368 g/mol. The third-order valence-corrected chi connectivity index (χ3v) is 5.21. The van der Waals surface area contributed by atoms with Crippen molar-refractivity contribution in [2.45, 2.75) is 25.2 Å². The van der Waals surface area contributed by atoms with E-state index in [0.717, 1.165) is 17.5 Å². The van der Waals surface area contributed by atoms with Crippen LogP contribution in [0.2, 0.25) is 5.02 Å². The van der Waals surface area contributed by atoms with Gasteiger partial charge in [-0.05, 0) is 31.5 Å². The number of rotatable bonds is 3. The topological polar surface area (TPSA) is 61.8 Å². The largest absolute Gasteiger partial charge is 0.513 e. The van der Waals surface area contributed by atoms with Crippen molar-refractivity contribution in [3.63, 3.8) is 0 Å². The number of methoxy groups -OCH3 is 1. The van der Waals surface area contributed by atoms with E-state index in [0.29, 0.717) is 32.9 Å². The van der Waals surface area contributed by atoms with Crippen LogP contribution in [0.5, 0.6) is 11.5 Å². The summed E-state index contributed by atoms with van der Waals surface area (Å²) in [6, 6.07) is 5.17. The monoisotopic (exact) mass is 384 g/mol. The number of ether oxygens (including phenoxy) is 3. The fourth-order valence-corrected chi connectivity index (χ4v) is 4.00. The number of hydrogen-bond donors (Lipinski definition) is 0. The Morgan fingerprint density at radius 2 is 1.70 bits per heavy atom. The van der Waals surface area contributed by atoms with Crippen molar-refractivity contribution in [1.29, 1.82) is 0 Å². The number of allylic oxidation sites excluding steroid dienone is 2. The number of carbonyl (C=O) groups is 2. The highest BCUT2D eigenvalue weighted by atomic mass is 35.5. The van der Waals surface area contributed by atoms with E-state index in [4.69, 9.17) is 25.8 Å². The lowest BCUT2D eigenvalue weighted by molar-refractivity contribution is -0.130. The molecule has 0 saturated carbocycles. The van der Waals surface area contributed by atoms with Gasteiger partial charge >= 0.3 is 12.1 Å². The molecule has 6 heteroatoms. The summed E-state index contributed by atoms with van der Waals surface area (Å²) < 4.78 is 15.9. The predicted octanol–water partition coefficient (Wildman–Crippen LogP) is 5.26. The van der Waals surface area contributed by atoms with Gasteiger partial charge in [-0.25, -0.2) is 9.59 Å². The van der Waals surface area contributed by atoms with Crippen LogP contribution in [-0.4, -0.2) is 19.2 Å². The molecule has 2 aromatic carbocycles. The average Bonchev–Trinajstić information content (AvgIpc) is 3.25. The first-order valence-electron chi connectivity index (χ1n) is 8.51. The molecule has 5 nitrogen and oxygen atoms in total. The third kappa shape index (κ3) is 2.79. The first-order chi connectivity index (χ1) is 12.9. The highest BCUT2D eigenvalue weighted by molar-refractivity contribution is 6.31. The molecule has 0 saturated heterocycles. The van der Waals surface area contributed by atoms with Crippen molar-refractivity contribution in [1.82, 2.24) is 0 Å².